The van der Waals surface area contributed by atoms with Crippen LogP contribution in [0.15, 0.2) is 18.2 Å². The Bertz CT molecular complexity index is 488. The second kappa shape index (κ2) is 4.99. The summed E-state index contributed by atoms with van der Waals surface area (Å²) >= 11 is 0. The predicted octanol–water partition coefficient (Wildman–Crippen LogP) is 2.00. The lowest BCUT2D eigenvalue weighted by atomic mass is 9.90. The van der Waals surface area contributed by atoms with Crippen LogP contribution in [0, 0.1) is 5.41 Å². The van der Waals surface area contributed by atoms with Crippen molar-refractivity contribution in [3.8, 4) is 11.5 Å². The second-order valence-electron chi connectivity index (χ2n) is 5.08. The summed E-state index contributed by atoms with van der Waals surface area (Å²) in [6.07, 6.45) is 0.636. The predicted molar refractivity (Wildman–Crippen MR) is 72.1 cm³/mol. The van der Waals surface area contributed by atoms with Crippen molar-refractivity contribution in [2.75, 3.05) is 32.2 Å². The minimum atomic E-state index is -0.748. The SMILES string of the molecule is COc1ccc(N2CCC(C)(C(=O)O)C2)c(OC)c1. The van der Waals surface area contributed by atoms with Crippen molar-refractivity contribution in [2.24, 2.45) is 5.41 Å². The summed E-state index contributed by atoms with van der Waals surface area (Å²) in [4.78, 5) is 13.3. The van der Waals surface area contributed by atoms with E-state index in [9.17, 15) is 9.90 Å². The van der Waals surface area contributed by atoms with Gasteiger partial charge in [0.15, 0.2) is 0 Å². The number of methoxy groups -OCH3 is 2. The van der Waals surface area contributed by atoms with E-state index in [4.69, 9.17) is 9.47 Å². The maximum atomic E-state index is 11.3. The molecule has 1 fully saturated rings. The van der Waals surface area contributed by atoms with Crippen molar-refractivity contribution in [1.82, 2.24) is 0 Å². The Morgan fingerprint density at radius 2 is 2.11 bits per heavy atom. The molecule has 1 aliphatic heterocycles. The summed E-state index contributed by atoms with van der Waals surface area (Å²) in [7, 11) is 3.20. The number of hydrogen-bond donors (Lipinski definition) is 1. The molecular formula is C14H19NO4. The fourth-order valence-corrected chi connectivity index (χ4v) is 2.39. The van der Waals surface area contributed by atoms with Gasteiger partial charge in [0.2, 0.25) is 0 Å². The number of carboxylic acids is 1. The van der Waals surface area contributed by atoms with Gasteiger partial charge in [-0.25, -0.2) is 0 Å². The van der Waals surface area contributed by atoms with Crippen LogP contribution in [0.1, 0.15) is 13.3 Å². The summed E-state index contributed by atoms with van der Waals surface area (Å²) in [6, 6.07) is 5.57. The zero-order valence-electron chi connectivity index (χ0n) is 11.5. The molecule has 0 bridgehead atoms. The molecule has 0 aromatic heterocycles. The van der Waals surface area contributed by atoms with Crippen LogP contribution in [-0.2, 0) is 4.79 Å². The fraction of sp³-hybridized carbons (Fsp3) is 0.500. The van der Waals surface area contributed by atoms with Crippen LogP contribution < -0.4 is 14.4 Å². The average Bonchev–Trinajstić information content (AvgIpc) is 2.82. The average molecular weight is 265 g/mol. The Hall–Kier alpha value is -1.91. The number of benzene rings is 1. The van der Waals surface area contributed by atoms with Crippen LogP contribution in [0.2, 0.25) is 0 Å². The molecule has 1 aliphatic rings. The van der Waals surface area contributed by atoms with E-state index in [1.54, 1.807) is 21.1 Å². The van der Waals surface area contributed by atoms with Crippen LogP contribution in [0.3, 0.4) is 0 Å². The maximum absolute atomic E-state index is 11.3. The van der Waals surface area contributed by atoms with Gasteiger partial charge in [-0.05, 0) is 25.5 Å². The van der Waals surface area contributed by atoms with Crippen molar-refractivity contribution in [3.05, 3.63) is 18.2 Å². The van der Waals surface area contributed by atoms with Crippen LogP contribution in [0.4, 0.5) is 5.69 Å². The molecule has 1 heterocycles. The Balaban J connectivity index is 2.26. The molecule has 104 valence electrons. The molecule has 2 rings (SSSR count). The number of aliphatic carboxylic acids is 1. The van der Waals surface area contributed by atoms with E-state index in [-0.39, 0.29) is 0 Å². The quantitative estimate of drug-likeness (QED) is 0.902. The van der Waals surface area contributed by atoms with Gasteiger partial charge < -0.3 is 19.5 Å². The molecule has 0 radical (unpaired) electrons. The van der Waals surface area contributed by atoms with Crippen LogP contribution >= 0.6 is 0 Å². The first-order valence-electron chi connectivity index (χ1n) is 6.20. The normalized spacial score (nSPS) is 22.4. The number of nitrogens with zero attached hydrogens (tertiary/aromatic N) is 1. The molecule has 0 amide bonds. The molecule has 0 aliphatic carbocycles. The van der Waals surface area contributed by atoms with Gasteiger partial charge in [0.25, 0.3) is 0 Å². The highest BCUT2D eigenvalue weighted by Gasteiger charge is 2.41. The zero-order valence-corrected chi connectivity index (χ0v) is 11.5. The van der Waals surface area contributed by atoms with Crippen LogP contribution in [0.5, 0.6) is 11.5 Å². The summed E-state index contributed by atoms with van der Waals surface area (Å²) in [5, 5.41) is 9.27. The molecule has 1 atom stereocenters. The summed E-state index contributed by atoms with van der Waals surface area (Å²) in [5.74, 6) is 0.678. The summed E-state index contributed by atoms with van der Waals surface area (Å²) in [5.41, 5.74) is 0.221. The molecule has 5 heteroatoms. The number of anilines is 1. The molecule has 0 spiro atoms. The van der Waals surface area contributed by atoms with E-state index in [2.05, 4.69) is 0 Å². The molecular weight excluding hydrogens is 246 g/mol. The van der Waals surface area contributed by atoms with Gasteiger partial charge in [0, 0.05) is 19.2 Å². The third kappa shape index (κ3) is 2.45. The smallest absolute Gasteiger partial charge is 0.311 e. The number of ether oxygens (including phenoxy) is 2. The third-order valence-corrected chi connectivity index (χ3v) is 3.72. The molecule has 5 nitrogen and oxygen atoms in total. The van der Waals surface area contributed by atoms with Crippen molar-refractivity contribution < 1.29 is 19.4 Å². The van der Waals surface area contributed by atoms with E-state index < -0.39 is 11.4 Å². The maximum Gasteiger partial charge on any atom is 0.311 e. The topological polar surface area (TPSA) is 59.0 Å². The number of carboxylic acid groups (broad SMARTS) is 1. The Kier molecular flexibility index (Phi) is 3.55. The van der Waals surface area contributed by atoms with E-state index in [0.29, 0.717) is 25.3 Å². The van der Waals surface area contributed by atoms with Crippen molar-refractivity contribution in [1.29, 1.82) is 0 Å². The first-order chi connectivity index (χ1) is 9.00. The molecule has 0 saturated carbocycles. The lowest BCUT2D eigenvalue weighted by Crippen LogP contribution is -2.31. The van der Waals surface area contributed by atoms with E-state index in [1.165, 1.54) is 0 Å². The van der Waals surface area contributed by atoms with Crippen molar-refractivity contribution in [3.63, 3.8) is 0 Å². The zero-order chi connectivity index (χ0) is 14.0. The highest BCUT2D eigenvalue weighted by molar-refractivity contribution is 5.77. The third-order valence-electron chi connectivity index (χ3n) is 3.72. The van der Waals surface area contributed by atoms with E-state index in [0.717, 1.165) is 11.4 Å². The number of rotatable bonds is 4. The lowest BCUT2D eigenvalue weighted by Gasteiger charge is -2.23. The minimum absolute atomic E-state index is 0.491. The highest BCUT2D eigenvalue weighted by Crippen LogP contribution is 2.39. The summed E-state index contributed by atoms with van der Waals surface area (Å²) < 4.78 is 10.5. The molecule has 1 saturated heterocycles. The van der Waals surface area contributed by atoms with E-state index in [1.807, 2.05) is 23.1 Å². The molecule has 19 heavy (non-hydrogen) atoms. The fourth-order valence-electron chi connectivity index (χ4n) is 2.39. The largest absolute Gasteiger partial charge is 0.497 e. The van der Waals surface area contributed by atoms with Crippen molar-refractivity contribution >= 4 is 11.7 Å². The van der Waals surface area contributed by atoms with Crippen LogP contribution in [-0.4, -0.2) is 38.4 Å². The number of carbonyl (C=O) groups is 1. The Labute approximate surface area is 112 Å². The van der Waals surface area contributed by atoms with Gasteiger partial charge in [0.1, 0.15) is 11.5 Å². The molecule has 1 aromatic carbocycles. The second-order valence-corrected chi connectivity index (χ2v) is 5.08. The monoisotopic (exact) mass is 265 g/mol. The minimum Gasteiger partial charge on any atom is -0.497 e. The highest BCUT2D eigenvalue weighted by atomic mass is 16.5. The standard InChI is InChI=1S/C14H19NO4/c1-14(13(16)17)6-7-15(9-14)11-5-4-10(18-2)8-12(11)19-3/h4-5,8H,6-7,9H2,1-3H3,(H,16,17). The Morgan fingerprint density at radius 1 is 1.37 bits per heavy atom. The Morgan fingerprint density at radius 3 is 2.63 bits per heavy atom. The summed E-state index contributed by atoms with van der Waals surface area (Å²) in [6.45, 7) is 2.99. The molecule has 1 unspecified atom stereocenters. The van der Waals surface area contributed by atoms with Gasteiger partial charge in [-0.2, -0.15) is 0 Å². The molecule has 1 aromatic rings. The van der Waals surface area contributed by atoms with Crippen molar-refractivity contribution in [2.45, 2.75) is 13.3 Å². The molecule has 1 N–H and O–H groups in total. The van der Waals surface area contributed by atoms with Gasteiger partial charge in [-0.15, -0.1) is 0 Å². The van der Waals surface area contributed by atoms with Crippen LogP contribution in [0.25, 0.3) is 0 Å². The van der Waals surface area contributed by atoms with Gasteiger partial charge in [-0.3, -0.25) is 4.79 Å². The lowest BCUT2D eigenvalue weighted by molar-refractivity contribution is -0.146. The first kappa shape index (κ1) is 13.5. The van der Waals surface area contributed by atoms with Gasteiger partial charge in [0.05, 0.1) is 25.3 Å². The van der Waals surface area contributed by atoms with Gasteiger partial charge >= 0.3 is 5.97 Å². The number of hydrogen-bond acceptors (Lipinski definition) is 4. The van der Waals surface area contributed by atoms with Gasteiger partial charge in [-0.1, -0.05) is 0 Å². The first-order valence-corrected chi connectivity index (χ1v) is 6.20. The van der Waals surface area contributed by atoms with E-state index >= 15 is 0 Å².